The third-order valence-corrected chi connectivity index (χ3v) is 6.27. The van der Waals surface area contributed by atoms with Crippen LogP contribution in [0.1, 0.15) is 18.4 Å². The van der Waals surface area contributed by atoms with Gasteiger partial charge >= 0.3 is 0 Å². The fourth-order valence-corrected chi connectivity index (χ4v) is 4.80. The molecule has 7 nitrogen and oxygen atoms in total. The van der Waals surface area contributed by atoms with Gasteiger partial charge in [0.05, 0.1) is 6.20 Å². The van der Waals surface area contributed by atoms with Crippen LogP contribution in [0.3, 0.4) is 0 Å². The molecule has 0 spiro atoms. The monoisotopic (exact) mass is 354 g/mol. The minimum Gasteiger partial charge on any atom is -0.360 e. The van der Waals surface area contributed by atoms with Gasteiger partial charge in [-0.1, -0.05) is 5.16 Å². The molecule has 1 fully saturated rings. The Bertz CT molecular complexity index is 815. The molecule has 9 heteroatoms. The van der Waals surface area contributed by atoms with Crippen LogP contribution >= 0.6 is 0 Å². The first kappa shape index (κ1) is 16.8. The summed E-state index contributed by atoms with van der Waals surface area (Å²) in [5.41, 5.74) is 0.364. The number of hydrogen-bond donors (Lipinski definition) is 0. The summed E-state index contributed by atoms with van der Waals surface area (Å²) >= 11 is 0. The summed E-state index contributed by atoms with van der Waals surface area (Å²) < 4.78 is 45.2. The summed E-state index contributed by atoms with van der Waals surface area (Å²) in [5, 5.41) is 3.73. The lowest BCUT2D eigenvalue weighted by atomic mass is 10.2. The van der Waals surface area contributed by atoms with E-state index in [0.717, 1.165) is 6.20 Å². The van der Waals surface area contributed by atoms with Gasteiger partial charge in [0.25, 0.3) is 0 Å². The van der Waals surface area contributed by atoms with Crippen LogP contribution in [0.15, 0.2) is 27.7 Å². The molecule has 3 rings (SSSR count). The number of nitrogens with zero attached hydrogens (tertiary/aromatic N) is 4. The lowest BCUT2D eigenvalue weighted by Crippen LogP contribution is -2.54. The first-order valence-corrected chi connectivity index (χ1v) is 9.06. The molecular weight excluding hydrogens is 335 g/mol. The predicted octanol–water partition coefficient (Wildman–Crippen LogP) is 1.72. The van der Waals surface area contributed by atoms with Gasteiger partial charge in [0.1, 0.15) is 22.2 Å². The molecular formula is C15H19FN4O3S. The Morgan fingerprint density at radius 2 is 2.04 bits per heavy atom. The Balaban J connectivity index is 1.81. The highest BCUT2D eigenvalue weighted by atomic mass is 32.2. The van der Waals surface area contributed by atoms with Gasteiger partial charge in [0.2, 0.25) is 10.0 Å². The molecule has 1 atom stereocenters. The van der Waals surface area contributed by atoms with Crippen molar-refractivity contribution in [1.29, 1.82) is 0 Å². The van der Waals surface area contributed by atoms with Crippen LogP contribution in [0.25, 0.3) is 0 Å². The molecule has 0 aliphatic carbocycles. The van der Waals surface area contributed by atoms with Gasteiger partial charge in [-0.2, -0.15) is 4.31 Å². The van der Waals surface area contributed by atoms with Crippen molar-refractivity contribution in [3.8, 4) is 0 Å². The third kappa shape index (κ3) is 2.89. The van der Waals surface area contributed by atoms with Crippen molar-refractivity contribution in [3.63, 3.8) is 0 Å². The molecule has 24 heavy (non-hydrogen) atoms. The Hall–Kier alpha value is -2.00. The van der Waals surface area contributed by atoms with Crippen molar-refractivity contribution in [2.45, 2.75) is 31.7 Å². The predicted molar refractivity (Wildman–Crippen MR) is 85.7 cm³/mol. The van der Waals surface area contributed by atoms with Crippen LogP contribution in [0.2, 0.25) is 0 Å². The fraction of sp³-hybridized carbons (Fsp3) is 0.467. The number of pyridine rings is 1. The zero-order chi connectivity index (χ0) is 17.5. The maximum absolute atomic E-state index is 13.0. The summed E-state index contributed by atoms with van der Waals surface area (Å²) in [4.78, 5) is 6.19. The van der Waals surface area contributed by atoms with Gasteiger partial charge in [-0.15, -0.1) is 0 Å². The smallest absolute Gasteiger partial charge is 0.248 e. The van der Waals surface area contributed by atoms with E-state index in [0.29, 0.717) is 36.9 Å². The summed E-state index contributed by atoms with van der Waals surface area (Å²) in [7, 11) is -3.66. The van der Waals surface area contributed by atoms with Gasteiger partial charge in [-0.3, -0.25) is 0 Å². The molecule has 0 aromatic carbocycles. The zero-order valence-electron chi connectivity index (χ0n) is 13.7. The van der Waals surface area contributed by atoms with Gasteiger partial charge in [-0.05, 0) is 32.9 Å². The average molecular weight is 354 g/mol. The van der Waals surface area contributed by atoms with Crippen LogP contribution in [0.5, 0.6) is 0 Å². The van der Waals surface area contributed by atoms with Crippen molar-refractivity contribution in [2.24, 2.45) is 0 Å². The first-order chi connectivity index (χ1) is 11.3. The molecule has 2 aromatic rings. The molecule has 3 heterocycles. The topological polar surface area (TPSA) is 79.5 Å². The zero-order valence-corrected chi connectivity index (χ0v) is 14.5. The number of piperazine rings is 1. The van der Waals surface area contributed by atoms with Crippen molar-refractivity contribution in [3.05, 3.63) is 35.6 Å². The number of rotatable bonds is 3. The fourth-order valence-electron chi connectivity index (χ4n) is 2.99. The molecule has 0 amide bonds. The van der Waals surface area contributed by atoms with Crippen molar-refractivity contribution in [2.75, 3.05) is 24.5 Å². The number of aromatic nitrogens is 2. The summed E-state index contributed by atoms with van der Waals surface area (Å²) in [6, 6.07) is 2.86. The molecule has 0 saturated carbocycles. The second-order valence-corrected chi connectivity index (χ2v) is 7.77. The van der Waals surface area contributed by atoms with E-state index in [-0.39, 0.29) is 10.9 Å². The first-order valence-electron chi connectivity index (χ1n) is 7.62. The van der Waals surface area contributed by atoms with Crippen molar-refractivity contribution in [1.82, 2.24) is 14.4 Å². The number of hydrogen-bond acceptors (Lipinski definition) is 6. The quantitative estimate of drug-likeness (QED) is 0.835. The van der Waals surface area contributed by atoms with Crippen molar-refractivity contribution < 1.29 is 17.3 Å². The molecule has 1 aliphatic rings. The molecule has 130 valence electrons. The maximum Gasteiger partial charge on any atom is 0.248 e. The summed E-state index contributed by atoms with van der Waals surface area (Å²) in [6.45, 7) is 6.23. The molecule has 0 N–H and O–H groups in total. The highest BCUT2D eigenvalue weighted by Crippen LogP contribution is 2.26. The van der Waals surface area contributed by atoms with Crippen molar-refractivity contribution >= 4 is 15.8 Å². The van der Waals surface area contributed by atoms with E-state index < -0.39 is 15.8 Å². The van der Waals surface area contributed by atoms with E-state index in [2.05, 4.69) is 10.1 Å². The van der Waals surface area contributed by atoms with Crippen LogP contribution in [-0.4, -0.2) is 48.5 Å². The Morgan fingerprint density at radius 1 is 1.29 bits per heavy atom. The van der Waals surface area contributed by atoms with Crippen LogP contribution in [0, 0.1) is 19.7 Å². The molecule has 0 radical (unpaired) electrons. The number of sulfonamides is 1. The summed E-state index contributed by atoms with van der Waals surface area (Å²) in [6.07, 6.45) is 1.16. The Labute approximate surface area is 140 Å². The SMILES string of the molecule is Cc1noc(C)c1S(=O)(=O)N1CCN(c2ccc(F)cn2)C(C)C1. The standard InChI is InChI=1S/C15H19FN4O3S/c1-10-9-19(24(21,22)15-11(2)18-23-12(15)3)6-7-20(10)14-5-4-13(16)8-17-14/h4-5,8,10H,6-7,9H2,1-3H3. The minimum absolute atomic E-state index is 0.0908. The highest BCUT2D eigenvalue weighted by Gasteiger charge is 2.36. The minimum atomic E-state index is -3.66. The maximum atomic E-state index is 13.0. The van der Waals surface area contributed by atoms with Gasteiger partial charge < -0.3 is 9.42 Å². The Kier molecular flexibility index (Phi) is 4.31. The van der Waals surface area contributed by atoms with Crippen LogP contribution in [0.4, 0.5) is 10.2 Å². The van der Waals surface area contributed by atoms with E-state index in [1.807, 2.05) is 11.8 Å². The normalized spacial score (nSPS) is 19.7. The van der Waals surface area contributed by atoms with Crippen LogP contribution in [-0.2, 0) is 10.0 Å². The summed E-state index contributed by atoms with van der Waals surface area (Å²) in [5.74, 6) is 0.534. The number of halogens is 1. The Morgan fingerprint density at radius 3 is 2.58 bits per heavy atom. The molecule has 0 bridgehead atoms. The lowest BCUT2D eigenvalue weighted by molar-refractivity contribution is 0.340. The van der Waals surface area contributed by atoms with Gasteiger partial charge in [0.15, 0.2) is 5.76 Å². The van der Waals surface area contributed by atoms with Gasteiger partial charge in [-0.25, -0.2) is 17.8 Å². The van der Waals surface area contributed by atoms with E-state index in [9.17, 15) is 12.8 Å². The molecule has 1 saturated heterocycles. The average Bonchev–Trinajstić information content (AvgIpc) is 2.88. The largest absolute Gasteiger partial charge is 0.360 e. The van der Waals surface area contributed by atoms with E-state index >= 15 is 0 Å². The van der Waals surface area contributed by atoms with Crippen LogP contribution < -0.4 is 4.90 Å². The highest BCUT2D eigenvalue weighted by molar-refractivity contribution is 7.89. The third-order valence-electron chi connectivity index (χ3n) is 4.16. The molecule has 1 unspecified atom stereocenters. The van der Waals surface area contributed by atoms with E-state index in [4.69, 9.17) is 4.52 Å². The van der Waals surface area contributed by atoms with Gasteiger partial charge in [0, 0.05) is 25.7 Å². The second kappa shape index (κ2) is 6.14. The van der Waals surface area contributed by atoms with E-state index in [1.54, 1.807) is 19.9 Å². The lowest BCUT2D eigenvalue weighted by Gasteiger charge is -2.39. The number of anilines is 1. The van der Waals surface area contributed by atoms with E-state index in [1.165, 1.54) is 10.4 Å². The second-order valence-electron chi connectivity index (χ2n) is 5.89. The molecule has 2 aromatic heterocycles. The molecule has 1 aliphatic heterocycles. The number of aryl methyl sites for hydroxylation is 2.